The van der Waals surface area contributed by atoms with Crippen molar-refractivity contribution in [1.29, 1.82) is 5.26 Å². The van der Waals surface area contributed by atoms with E-state index in [9.17, 15) is 13.2 Å². The van der Waals surface area contributed by atoms with Crippen LogP contribution in [0.25, 0.3) is 0 Å². The molecule has 0 atom stereocenters. The van der Waals surface area contributed by atoms with Gasteiger partial charge in [-0.2, -0.15) is 5.26 Å². The Hall–Kier alpha value is -2.72. The van der Waals surface area contributed by atoms with Crippen LogP contribution in [-0.4, -0.2) is 13.4 Å². The molecule has 2 aromatic carbocycles. The summed E-state index contributed by atoms with van der Waals surface area (Å²) in [5, 5.41) is 11.9. The van der Waals surface area contributed by atoms with Gasteiger partial charge in [-0.15, -0.1) is 13.2 Å². The lowest BCUT2D eigenvalue weighted by Crippen LogP contribution is -2.16. The van der Waals surface area contributed by atoms with E-state index in [1.807, 2.05) is 6.07 Å². The van der Waals surface area contributed by atoms with Crippen LogP contribution in [0.3, 0.4) is 0 Å². The molecule has 0 unspecified atom stereocenters. The first-order valence-electron chi connectivity index (χ1n) is 6.62. The van der Waals surface area contributed by atoms with Gasteiger partial charge in [-0.25, -0.2) is 0 Å². The van der Waals surface area contributed by atoms with Crippen molar-refractivity contribution < 1.29 is 22.6 Å². The Bertz CT molecular complexity index is 707. The number of hydrogen-bond acceptors (Lipinski definition) is 4. The number of nitriles is 1. The van der Waals surface area contributed by atoms with Crippen molar-refractivity contribution in [1.82, 2.24) is 5.32 Å². The fourth-order valence-corrected chi connectivity index (χ4v) is 1.91. The highest BCUT2D eigenvalue weighted by Crippen LogP contribution is 2.29. The maximum absolute atomic E-state index is 12.1. The van der Waals surface area contributed by atoms with Crippen LogP contribution >= 0.6 is 0 Å². The van der Waals surface area contributed by atoms with E-state index in [1.165, 1.54) is 24.3 Å². The Morgan fingerprint density at radius 2 is 1.74 bits per heavy atom. The topological polar surface area (TPSA) is 54.3 Å². The smallest absolute Gasteiger partial charge is 0.457 e. The number of alkyl halides is 3. The van der Waals surface area contributed by atoms with Crippen molar-refractivity contribution in [2.75, 3.05) is 7.05 Å². The molecule has 120 valence electrons. The fourth-order valence-electron chi connectivity index (χ4n) is 1.91. The van der Waals surface area contributed by atoms with Crippen LogP contribution in [0.15, 0.2) is 42.5 Å². The predicted octanol–water partition coefficient (Wildman–Crippen LogP) is 3.97. The number of halogens is 3. The zero-order valence-electron chi connectivity index (χ0n) is 12.1. The average molecular weight is 322 g/mol. The summed E-state index contributed by atoms with van der Waals surface area (Å²) < 4.78 is 45.8. The normalized spacial score (nSPS) is 10.9. The molecule has 0 heterocycles. The number of nitrogens with zero attached hydrogens (tertiary/aromatic N) is 1. The first-order chi connectivity index (χ1) is 10.9. The second kappa shape index (κ2) is 7.03. The molecule has 2 rings (SSSR count). The second-order valence-electron chi connectivity index (χ2n) is 4.59. The van der Waals surface area contributed by atoms with Gasteiger partial charge in [0, 0.05) is 12.1 Å². The summed E-state index contributed by atoms with van der Waals surface area (Å²) in [6.07, 6.45) is -4.73. The van der Waals surface area contributed by atoms with Gasteiger partial charge in [-0.3, -0.25) is 0 Å². The van der Waals surface area contributed by atoms with E-state index < -0.39 is 6.36 Å². The van der Waals surface area contributed by atoms with E-state index >= 15 is 0 Å². The van der Waals surface area contributed by atoms with E-state index in [1.54, 1.807) is 25.2 Å². The maximum atomic E-state index is 12.1. The molecule has 4 nitrogen and oxygen atoms in total. The van der Waals surface area contributed by atoms with E-state index in [0.29, 0.717) is 23.6 Å². The summed E-state index contributed by atoms with van der Waals surface area (Å²) >= 11 is 0. The maximum Gasteiger partial charge on any atom is 0.573 e. The van der Waals surface area contributed by atoms with Gasteiger partial charge >= 0.3 is 6.36 Å². The number of rotatable bonds is 5. The predicted molar refractivity (Wildman–Crippen MR) is 77.1 cm³/mol. The molecule has 0 saturated carbocycles. The highest BCUT2D eigenvalue weighted by Gasteiger charge is 2.30. The molecule has 2 aromatic rings. The molecule has 0 amide bonds. The number of hydrogen-bond donors (Lipinski definition) is 1. The Kier molecular flexibility index (Phi) is 5.09. The molecule has 0 aliphatic carbocycles. The molecule has 0 saturated heterocycles. The Labute approximate surface area is 131 Å². The highest BCUT2D eigenvalue weighted by atomic mass is 19.4. The molecule has 1 N–H and O–H groups in total. The van der Waals surface area contributed by atoms with Crippen LogP contribution in [0.5, 0.6) is 17.2 Å². The molecule has 0 fully saturated rings. The molecule has 0 aliphatic heterocycles. The van der Waals surface area contributed by atoms with Crippen molar-refractivity contribution in [2.24, 2.45) is 0 Å². The van der Waals surface area contributed by atoms with Gasteiger partial charge in [-0.1, -0.05) is 0 Å². The molecule has 7 heteroatoms. The molecule has 0 spiro atoms. The molecule has 0 aliphatic rings. The third kappa shape index (κ3) is 4.90. The summed E-state index contributed by atoms with van der Waals surface area (Å²) in [6.45, 7) is 0.486. The van der Waals surface area contributed by atoms with Crippen LogP contribution in [0.1, 0.15) is 11.1 Å². The minimum atomic E-state index is -4.73. The van der Waals surface area contributed by atoms with Crippen LogP contribution in [0.4, 0.5) is 13.2 Å². The fraction of sp³-hybridized carbons (Fsp3) is 0.188. The number of ether oxygens (including phenoxy) is 2. The quantitative estimate of drug-likeness (QED) is 0.905. The van der Waals surface area contributed by atoms with Crippen LogP contribution in [0, 0.1) is 11.3 Å². The Morgan fingerprint density at radius 1 is 1.09 bits per heavy atom. The summed E-state index contributed by atoms with van der Waals surface area (Å²) in [6, 6.07) is 12.1. The molecule has 0 bridgehead atoms. The zero-order valence-corrected chi connectivity index (χ0v) is 12.1. The average Bonchev–Trinajstić information content (AvgIpc) is 2.49. The second-order valence-corrected chi connectivity index (χ2v) is 4.59. The van der Waals surface area contributed by atoms with Gasteiger partial charge in [-0.05, 0) is 49.5 Å². The molecular weight excluding hydrogens is 309 g/mol. The summed E-state index contributed by atoms with van der Waals surface area (Å²) in [4.78, 5) is 0. The lowest BCUT2D eigenvalue weighted by molar-refractivity contribution is -0.274. The van der Waals surface area contributed by atoms with Crippen molar-refractivity contribution in [3.05, 3.63) is 53.6 Å². The van der Waals surface area contributed by atoms with Crippen LogP contribution < -0.4 is 14.8 Å². The molecule has 0 aromatic heterocycles. The third-order valence-corrected chi connectivity index (χ3v) is 2.84. The SMILES string of the molecule is CNCc1cc(C#N)ccc1Oc1ccc(OC(F)(F)F)cc1. The molecule has 23 heavy (non-hydrogen) atoms. The van der Waals surface area contributed by atoms with Gasteiger partial charge in [0.25, 0.3) is 0 Å². The first kappa shape index (κ1) is 16.6. The number of benzene rings is 2. The van der Waals surface area contributed by atoms with Gasteiger partial charge in [0.2, 0.25) is 0 Å². The highest BCUT2D eigenvalue weighted by molar-refractivity contribution is 5.44. The minimum Gasteiger partial charge on any atom is -0.457 e. The van der Waals surface area contributed by atoms with Crippen molar-refractivity contribution in [3.8, 4) is 23.3 Å². The summed E-state index contributed by atoms with van der Waals surface area (Å²) in [7, 11) is 1.76. The van der Waals surface area contributed by atoms with Crippen molar-refractivity contribution >= 4 is 0 Å². The van der Waals surface area contributed by atoms with Gasteiger partial charge in [0.15, 0.2) is 0 Å². The minimum absolute atomic E-state index is 0.319. The zero-order chi connectivity index (χ0) is 16.9. The van der Waals surface area contributed by atoms with E-state index in [4.69, 9.17) is 10.00 Å². The summed E-state index contributed by atoms with van der Waals surface area (Å²) in [5.41, 5.74) is 1.26. The Balaban J connectivity index is 2.17. The first-order valence-corrected chi connectivity index (χ1v) is 6.62. The van der Waals surface area contributed by atoms with Gasteiger partial charge < -0.3 is 14.8 Å². The van der Waals surface area contributed by atoms with E-state index in [0.717, 1.165) is 5.56 Å². The monoisotopic (exact) mass is 322 g/mol. The standard InChI is InChI=1S/C16H13F3N2O2/c1-21-10-12-8-11(9-20)2-7-15(12)22-13-3-5-14(6-4-13)23-16(17,18)19/h2-8,21H,10H2,1H3. The van der Waals surface area contributed by atoms with Crippen molar-refractivity contribution in [3.63, 3.8) is 0 Å². The molecule has 0 radical (unpaired) electrons. The largest absolute Gasteiger partial charge is 0.573 e. The Morgan fingerprint density at radius 3 is 2.30 bits per heavy atom. The van der Waals surface area contributed by atoms with Crippen molar-refractivity contribution in [2.45, 2.75) is 12.9 Å². The lowest BCUT2D eigenvalue weighted by Gasteiger charge is -2.12. The summed E-state index contributed by atoms with van der Waals surface area (Å²) in [5.74, 6) is 0.560. The van der Waals surface area contributed by atoms with Gasteiger partial charge in [0.05, 0.1) is 11.6 Å². The molecular formula is C16H13F3N2O2. The lowest BCUT2D eigenvalue weighted by atomic mass is 10.1. The van der Waals surface area contributed by atoms with Gasteiger partial charge in [0.1, 0.15) is 17.2 Å². The van der Waals surface area contributed by atoms with Crippen LogP contribution in [-0.2, 0) is 6.54 Å². The number of nitrogens with one attached hydrogen (secondary N) is 1. The third-order valence-electron chi connectivity index (χ3n) is 2.84. The van der Waals surface area contributed by atoms with Crippen LogP contribution in [0.2, 0.25) is 0 Å². The van der Waals surface area contributed by atoms with E-state index in [2.05, 4.69) is 10.1 Å². The van der Waals surface area contributed by atoms with E-state index in [-0.39, 0.29) is 5.75 Å².